The van der Waals surface area contributed by atoms with Gasteiger partial charge in [-0.2, -0.15) is 0 Å². The number of sulfonamides is 1. The lowest BCUT2D eigenvalue weighted by atomic mass is 9.64. The standard InChI is InChI=1S/C29H43N3O6S2/c1-26(2)22-9-12-28(26,29(34,18-22)19-31-25(33)24(30)10-17-39(3,35)36)20-40(37,38)32-15-13-27(14-16-32)11-8-21-6-4-5-7-23(21)27/h4-8,11,22,24,34H,9-10,12-20,30H2,1-3H3,(H,31,33)/t22-,24+,28+,29-/m1/s1. The third-order valence-electron chi connectivity index (χ3n) is 10.9. The molecule has 2 bridgehead atoms. The Kier molecular flexibility index (Phi) is 7.35. The van der Waals surface area contributed by atoms with E-state index in [0.29, 0.717) is 38.8 Å². The van der Waals surface area contributed by atoms with Crippen LogP contribution in [0.4, 0.5) is 0 Å². The number of aliphatic hydroxyl groups is 1. The summed E-state index contributed by atoms with van der Waals surface area (Å²) in [6.45, 7) is 4.82. The minimum atomic E-state index is -3.71. The average Bonchev–Trinajstić information content (AvgIpc) is 3.41. The lowest BCUT2D eigenvalue weighted by Crippen LogP contribution is -2.61. The molecule has 5 rings (SSSR count). The van der Waals surface area contributed by atoms with Gasteiger partial charge in [0.15, 0.2) is 0 Å². The van der Waals surface area contributed by atoms with Crippen LogP contribution in [0.2, 0.25) is 0 Å². The molecule has 40 heavy (non-hydrogen) atoms. The van der Waals surface area contributed by atoms with Crippen molar-refractivity contribution < 1.29 is 26.7 Å². The van der Waals surface area contributed by atoms with Crippen molar-refractivity contribution in [1.82, 2.24) is 9.62 Å². The molecule has 222 valence electrons. The molecule has 1 heterocycles. The number of carbonyl (C=O) groups is 1. The molecular weight excluding hydrogens is 550 g/mol. The maximum absolute atomic E-state index is 14.0. The fourth-order valence-electron chi connectivity index (χ4n) is 8.19. The minimum Gasteiger partial charge on any atom is -0.387 e. The molecule has 4 aliphatic rings. The van der Waals surface area contributed by atoms with Crippen LogP contribution in [0.25, 0.3) is 6.08 Å². The zero-order valence-corrected chi connectivity index (χ0v) is 25.4. The second kappa shape index (κ2) is 9.90. The van der Waals surface area contributed by atoms with Gasteiger partial charge in [0.05, 0.1) is 23.1 Å². The Labute approximate surface area is 238 Å². The van der Waals surface area contributed by atoms with Gasteiger partial charge in [0.2, 0.25) is 15.9 Å². The number of allylic oxidation sites excluding steroid dienone is 1. The Balaban J connectivity index is 1.30. The summed E-state index contributed by atoms with van der Waals surface area (Å²) in [5, 5.41) is 14.8. The second-order valence-electron chi connectivity index (χ2n) is 13.2. The van der Waals surface area contributed by atoms with Crippen molar-refractivity contribution in [3.05, 3.63) is 41.5 Å². The summed E-state index contributed by atoms with van der Waals surface area (Å²) in [5.74, 6) is -0.785. The Bertz CT molecular complexity index is 1410. The van der Waals surface area contributed by atoms with Crippen molar-refractivity contribution in [3.63, 3.8) is 0 Å². The molecular formula is C29H43N3O6S2. The van der Waals surface area contributed by atoms with Crippen molar-refractivity contribution in [2.45, 2.75) is 69.4 Å². The van der Waals surface area contributed by atoms with E-state index in [-0.39, 0.29) is 35.8 Å². The first kappa shape index (κ1) is 29.7. The van der Waals surface area contributed by atoms with Crippen LogP contribution in [0, 0.1) is 16.7 Å². The molecule has 4 N–H and O–H groups in total. The zero-order chi connectivity index (χ0) is 29.2. The lowest BCUT2D eigenvalue weighted by Gasteiger charge is -2.49. The summed E-state index contributed by atoms with van der Waals surface area (Å²) in [7, 11) is -6.98. The van der Waals surface area contributed by atoms with E-state index in [0.717, 1.165) is 12.7 Å². The maximum Gasteiger partial charge on any atom is 0.237 e. The Morgan fingerprint density at radius 3 is 2.48 bits per heavy atom. The van der Waals surface area contributed by atoms with E-state index in [1.54, 1.807) is 4.31 Å². The molecule has 1 amide bonds. The molecule has 1 saturated heterocycles. The number of nitrogens with zero attached hydrogens (tertiary/aromatic N) is 1. The van der Waals surface area contributed by atoms with E-state index in [4.69, 9.17) is 5.73 Å². The van der Waals surface area contributed by atoms with Crippen molar-refractivity contribution >= 4 is 31.8 Å². The van der Waals surface area contributed by atoms with Crippen LogP contribution in [0.1, 0.15) is 63.5 Å². The number of carbonyl (C=O) groups excluding carboxylic acids is 1. The molecule has 1 aromatic carbocycles. The van der Waals surface area contributed by atoms with Crippen LogP contribution in [0.5, 0.6) is 0 Å². The lowest BCUT2D eigenvalue weighted by molar-refractivity contribution is -0.127. The molecule has 1 aliphatic heterocycles. The molecule has 0 unspecified atom stereocenters. The van der Waals surface area contributed by atoms with E-state index < -0.39 is 48.2 Å². The van der Waals surface area contributed by atoms with Gasteiger partial charge >= 0.3 is 0 Å². The monoisotopic (exact) mass is 593 g/mol. The van der Waals surface area contributed by atoms with Crippen LogP contribution in [0.3, 0.4) is 0 Å². The molecule has 0 radical (unpaired) electrons. The average molecular weight is 594 g/mol. The highest BCUT2D eigenvalue weighted by atomic mass is 32.2. The van der Waals surface area contributed by atoms with Crippen LogP contribution >= 0.6 is 0 Å². The number of rotatable bonds is 9. The van der Waals surface area contributed by atoms with E-state index in [9.17, 15) is 26.7 Å². The maximum atomic E-state index is 14.0. The number of nitrogens with two attached hydrogens (primary N) is 1. The highest BCUT2D eigenvalue weighted by Gasteiger charge is 2.72. The van der Waals surface area contributed by atoms with Gasteiger partial charge in [0.1, 0.15) is 9.84 Å². The van der Waals surface area contributed by atoms with E-state index in [2.05, 4.69) is 29.6 Å². The SMILES string of the molecule is CC1(C)[C@@H]2CC[C@@]1(CS(=O)(=O)N1CCC3(C=Cc4ccccc43)CC1)[C@](O)(CNC(=O)[C@@H](N)CCS(C)(=O)=O)C2. The van der Waals surface area contributed by atoms with Gasteiger partial charge < -0.3 is 16.2 Å². The Hall–Kier alpha value is -1.79. The highest BCUT2D eigenvalue weighted by molar-refractivity contribution is 7.90. The fraction of sp³-hybridized carbons (Fsp3) is 0.690. The van der Waals surface area contributed by atoms with Crippen LogP contribution in [-0.2, 0) is 30.1 Å². The first-order chi connectivity index (χ1) is 18.5. The van der Waals surface area contributed by atoms with Crippen LogP contribution < -0.4 is 11.1 Å². The summed E-state index contributed by atoms with van der Waals surface area (Å²) in [6.07, 6.45) is 8.65. The fourth-order valence-corrected chi connectivity index (χ4v) is 11.2. The van der Waals surface area contributed by atoms with Crippen molar-refractivity contribution in [1.29, 1.82) is 0 Å². The summed E-state index contributed by atoms with van der Waals surface area (Å²) in [5.41, 5.74) is 5.48. The van der Waals surface area contributed by atoms with Crippen molar-refractivity contribution in [2.75, 3.05) is 37.4 Å². The van der Waals surface area contributed by atoms with Gasteiger partial charge in [-0.1, -0.05) is 50.3 Å². The third kappa shape index (κ3) is 4.85. The van der Waals surface area contributed by atoms with Crippen molar-refractivity contribution in [3.8, 4) is 0 Å². The molecule has 3 aliphatic carbocycles. The normalized spacial score (nSPS) is 31.4. The number of hydrogen-bond donors (Lipinski definition) is 3. The van der Waals surface area contributed by atoms with Gasteiger partial charge in [-0.3, -0.25) is 4.79 Å². The summed E-state index contributed by atoms with van der Waals surface area (Å²) in [6, 6.07) is 7.26. The van der Waals surface area contributed by atoms with Gasteiger partial charge in [-0.15, -0.1) is 0 Å². The number of nitrogens with one attached hydrogen (secondary N) is 1. The first-order valence-electron chi connectivity index (χ1n) is 14.2. The summed E-state index contributed by atoms with van der Waals surface area (Å²) in [4.78, 5) is 12.7. The molecule has 9 nitrogen and oxygen atoms in total. The van der Waals surface area contributed by atoms with Gasteiger partial charge in [-0.25, -0.2) is 21.1 Å². The number of amides is 1. The number of benzene rings is 1. The molecule has 11 heteroatoms. The topological polar surface area (TPSA) is 147 Å². The zero-order valence-electron chi connectivity index (χ0n) is 23.7. The van der Waals surface area contributed by atoms with Gasteiger partial charge in [0, 0.05) is 36.7 Å². The largest absolute Gasteiger partial charge is 0.387 e. The van der Waals surface area contributed by atoms with E-state index in [1.165, 1.54) is 11.1 Å². The minimum absolute atomic E-state index is 0.0210. The van der Waals surface area contributed by atoms with Gasteiger partial charge in [-0.05, 0) is 61.0 Å². The highest BCUT2D eigenvalue weighted by Crippen LogP contribution is 2.70. The van der Waals surface area contributed by atoms with Gasteiger partial charge in [0.25, 0.3) is 0 Å². The first-order valence-corrected chi connectivity index (χ1v) is 17.9. The van der Waals surface area contributed by atoms with E-state index >= 15 is 0 Å². The molecule has 3 fully saturated rings. The number of fused-ring (bicyclic) bond motifs is 4. The number of hydrogen-bond acceptors (Lipinski definition) is 7. The summed E-state index contributed by atoms with van der Waals surface area (Å²) >= 11 is 0. The Morgan fingerprint density at radius 1 is 1.15 bits per heavy atom. The Morgan fingerprint density at radius 2 is 1.82 bits per heavy atom. The van der Waals surface area contributed by atoms with Crippen molar-refractivity contribution in [2.24, 2.45) is 22.5 Å². The smallest absolute Gasteiger partial charge is 0.237 e. The predicted octanol–water partition coefficient (Wildman–Crippen LogP) is 1.81. The number of piperidine rings is 1. The molecule has 4 atom stereocenters. The molecule has 0 aromatic heterocycles. The predicted molar refractivity (Wildman–Crippen MR) is 156 cm³/mol. The number of sulfone groups is 1. The van der Waals surface area contributed by atoms with E-state index in [1.807, 2.05) is 26.0 Å². The van der Waals surface area contributed by atoms with Crippen LogP contribution in [0.15, 0.2) is 30.3 Å². The quantitative estimate of drug-likeness (QED) is 0.396. The summed E-state index contributed by atoms with van der Waals surface area (Å²) < 4.78 is 52.6. The molecule has 1 spiro atoms. The third-order valence-corrected chi connectivity index (χ3v) is 13.8. The molecule has 2 saturated carbocycles. The second-order valence-corrected chi connectivity index (χ2v) is 17.5. The molecule has 1 aromatic rings. The van der Waals surface area contributed by atoms with Crippen LogP contribution in [-0.4, -0.2) is 81.2 Å².